The van der Waals surface area contributed by atoms with Gasteiger partial charge in [-0.3, -0.25) is 0 Å². The predicted molar refractivity (Wildman–Crippen MR) is 41.1 cm³/mol. The fourth-order valence-corrected chi connectivity index (χ4v) is 1.16. The van der Waals surface area contributed by atoms with E-state index in [1.54, 1.807) is 6.92 Å². The van der Waals surface area contributed by atoms with Crippen molar-refractivity contribution in [2.75, 3.05) is 13.2 Å². The molecule has 0 saturated heterocycles. The molecule has 1 aliphatic rings. The SMILES string of the molecule is CC1CCN(C(F)(F)F)N=C1CO. The molecule has 1 atom stereocenters. The second kappa shape index (κ2) is 3.53. The summed E-state index contributed by atoms with van der Waals surface area (Å²) in [6.07, 6.45) is -4.06. The Bertz CT molecular complexity index is 214. The normalized spacial score (nSPS) is 24.5. The summed E-state index contributed by atoms with van der Waals surface area (Å²) in [4.78, 5) is 0. The minimum atomic E-state index is -4.43. The molecule has 0 aromatic rings. The summed E-state index contributed by atoms with van der Waals surface area (Å²) < 4.78 is 36.3. The van der Waals surface area contributed by atoms with Crippen molar-refractivity contribution in [3.8, 4) is 0 Å². The standard InChI is InChI=1S/C7H11F3N2O/c1-5-2-3-12(7(8,9)10)11-6(5)4-13/h5,13H,2-4H2,1H3. The molecule has 1 unspecified atom stereocenters. The highest BCUT2D eigenvalue weighted by molar-refractivity contribution is 5.87. The van der Waals surface area contributed by atoms with Gasteiger partial charge in [0, 0.05) is 12.5 Å². The van der Waals surface area contributed by atoms with Crippen LogP contribution in [0.1, 0.15) is 13.3 Å². The van der Waals surface area contributed by atoms with Gasteiger partial charge in [-0.25, -0.2) is 5.01 Å². The zero-order valence-corrected chi connectivity index (χ0v) is 7.17. The van der Waals surface area contributed by atoms with E-state index in [9.17, 15) is 13.2 Å². The van der Waals surface area contributed by atoms with Crippen LogP contribution >= 0.6 is 0 Å². The fourth-order valence-electron chi connectivity index (χ4n) is 1.16. The van der Waals surface area contributed by atoms with E-state index in [1.807, 2.05) is 0 Å². The van der Waals surface area contributed by atoms with Gasteiger partial charge in [0.1, 0.15) is 0 Å². The first-order valence-corrected chi connectivity index (χ1v) is 3.97. The van der Waals surface area contributed by atoms with Crippen LogP contribution in [0, 0.1) is 5.92 Å². The van der Waals surface area contributed by atoms with Crippen molar-refractivity contribution >= 4 is 5.71 Å². The van der Waals surface area contributed by atoms with E-state index in [4.69, 9.17) is 5.11 Å². The van der Waals surface area contributed by atoms with Crippen LogP contribution in [0.2, 0.25) is 0 Å². The third kappa shape index (κ3) is 2.33. The molecule has 0 fully saturated rings. The molecule has 3 nitrogen and oxygen atoms in total. The van der Waals surface area contributed by atoms with E-state index in [-0.39, 0.29) is 23.2 Å². The molecule has 0 radical (unpaired) electrons. The number of halogens is 3. The molecule has 76 valence electrons. The van der Waals surface area contributed by atoms with Crippen molar-refractivity contribution in [3.63, 3.8) is 0 Å². The van der Waals surface area contributed by atoms with E-state index >= 15 is 0 Å². The Balaban J connectivity index is 2.77. The van der Waals surface area contributed by atoms with Crippen molar-refractivity contribution in [1.82, 2.24) is 5.01 Å². The highest BCUT2D eigenvalue weighted by Crippen LogP contribution is 2.26. The molecule has 0 aromatic carbocycles. The molecule has 13 heavy (non-hydrogen) atoms. The number of hydrogen-bond acceptors (Lipinski definition) is 3. The molecular weight excluding hydrogens is 185 g/mol. The Morgan fingerprint density at radius 1 is 1.62 bits per heavy atom. The number of aliphatic hydroxyl groups is 1. The molecule has 6 heteroatoms. The molecular formula is C7H11F3N2O. The number of nitrogens with zero attached hydrogens (tertiary/aromatic N) is 2. The Kier molecular flexibility index (Phi) is 2.80. The monoisotopic (exact) mass is 196 g/mol. The minimum absolute atomic E-state index is 0.0661. The maximum absolute atomic E-state index is 12.1. The van der Waals surface area contributed by atoms with Crippen molar-refractivity contribution in [3.05, 3.63) is 0 Å². The Morgan fingerprint density at radius 2 is 2.23 bits per heavy atom. The molecule has 1 rings (SSSR count). The quantitative estimate of drug-likeness (QED) is 0.639. The van der Waals surface area contributed by atoms with E-state index in [2.05, 4.69) is 5.10 Å². The zero-order chi connectivity index (χ0) is 10.1. The second-order valence-corrected chi connectivity index (χ2v) is 3.03. The van der Waals surface area contributed by atoms with Gasteiger partial charge in [-0.15, -0.1) is 13.2 Å². The van der Waals surface area contributed by atoms with Gasteiger partial charge >= 0.3 is 6.30 Å². The van der Waals surface area contributed by atoms with Gasteiger partial charge in [-0.1, -0.05) is 6.92 Å². The van der Waals surface area contributed by atoms with E-state index in [0.29, 0.717) is 6.42 Å². The first kappa shape index (κ1) is 10.3. The van der Waals surface area contributed by atoms with Crippen LogP contribution in [0.3, 0.4) is 0 Å². The molecule has 0 aliphatic carbocycles. The molecule has 1 heterocycles. The minimum Gasteiger partial charge on any atom is -0.390 e. The highest BCUT2D eigenvalue weighted by atomic mass is 19.4. The first-order valence-electron chi connectivity index (χ1n) is 3.97. The van der Waals surface area contributed by atoms with Crippen LogP contribution in [-0.2, 0) is 0 Å². The van der Waals surface area contributed by atoms with Crippen LogP contribution in [0.25, 0.3) is 0 Å². The van der Waals surface area contributed by atoms with Gasteiger partial charge in [0.05, 0.1) is 12.3 Å². The van der Waals surface area contributed by atoms with Gasteiger partial charge in [0.15, 0.2) is 0 Å². The Hall–Kier alpha value is -0.780. The molecule has 0 spiro atoms. The number of rotatable bonds is 1. The maximum atomic E-state index is 12.1. The summed E-state index contributed by atoms with van der Waals surface area (Å²) >= 11 is 0. The number of aliphatic hydroxyl groups excluding tert-OH is 1. The third-order valence-electron chi connectivity index (χ3n) is 2.05. The van der Waals surface area contributed by atoms with Gasteiger partial charge in [0.2, 0.25) is 0 Å². The third-order valence-corrected chi connectivity index (χ3v) is 2.05. The predicted octanol–water partition coefficient (Wildman–Crippen LogP) is 1.20. The Labute approximate surface area is 73.8 Å². The Morgan fingerprint density at radius 3 is 2.69 bits per heavy atom. The van der Waals surface area contributed by atoms with Crippen molar-refractivity contribution in [2.24, 2.45) is 11.0 Å². The molecule has 0 saturated carbocycles. The van der Waals surface area contributed by atoms with Gasteiger partial charge < -0.3 is 5.11 Å². The lowest BCUT2D eigenvalue weighted by atomic mass is 10.0. The summed E-state index contributed by atoms with van der Waals surface area (Å²) in [5.74, 6) is -0.0661. The van der Waals surface area contributed by atoms with Crippen LogP contribution in [0.15, 0.2) is 5.10 Å². The lowest BCUT2D eigenvalue weighted by molar-refractivity contribution is -0.248. The van der Waals surface area contributed by atoms with Gasteiger partial charge in [0.25, 0.3) is 0 Å². The lowest BCUT2D eigenvalue weighted by Crippen LogP contribution is -2.41. The van der Waals surface area contributed by atoms with Crippen molar-refractivity contribution in [1.29, 1.82) is 0 Å². The lowest BCUT2D eigenvalue weighted by Gasteiger charge is -2.29. The zero-order valence-electron chi connectivity index (χ0n) is 7.17. The number of hydrazone groups is 1. The topological polar surface area (TPSA) is 35.8 Å². The molecule has 1 aliphatic heterocycles. The van der Waals surface area contributed by atoms with Crippen molar-refractivity contribution < 1.29 is 18.3 Å². The summed E-state index contributed by atoms with van der Waals surface area (Å²) in [5.41, 5.74) is 0.198. The van der Waals surface area contributed by atoms with E-state index in [1.165, 1.54) is 0 Å². The average Bonchev–Trinajstić information content (AvgIpc) is 2.03. The maximum Gasteiger partial charge on any atom is 0.500 e. The number of hydrogen-bond donors (Lipinski definition) is 1. The van der Waals surface area contributed by atoms with Gasteiger partial charge in [-0.05, 0) is 6.42 Å². The summed E-state index contributed by atoms with van der Waals surface area (Å²) in [6, 6.07) is 0. The second-order valence-electron chi connectivity index (χ2n) is 3.03. The number of alkyl halides is 3. The van der Waals surface area contributed by atoms with Crippen LogP contribution < -0.4 is 0 Å². The van der Waals surface area contributed by atoms with Gasteiger partial charge in [-0.2, -0.15) is 5.10 Å². The van der Waals surface area contributed by atoms with E-state index in [0.717, 1.165) is 0 Å². The summed E-state index contributed by atoms with van der Waals surface area (Å²) in [5, 5.41) is 12.1. The summed E-state index contributed by atoms with van der Waals surface area (Å²) in [6.45, 7) is 1.21. The van der Waals surface area contributed by atoms with Crippen molar-refractivity contribution in [2.45, 2.75) is 19.6 Å². The fraction of sp³-hybridized carbons (Fsp3) is 0.857. The molecule has 0 bridgehead atoms. The van der Waals surface area contributed by atoms with Crippen LogP contribution in [0.4, 0.5) is 13.2 Å². The smallest absolute Gasteiger partial charge is 0.390 e. The molecule has 1 N–H and O–H groups in total. The van der Waals surface area contributed by atoms with E-state index < -0.39 is 12.9 Å². The highest BCUT2D eigenvalue weighted by Gasteiger charge is 2.39. The van der Waals surface area contributed by atoms with Crippen LogP contribution in [-0.4, -0.2) is 35.3 Å². The molecule has 0 amide bonds. The summed E-state index contributed by atoms with van der Waals surface area (Å²) in [7, 11) is 0. The molecule has 0 aromatic heterocycles. The largest absolute Gasteiger partial charge is 0.500 e. The van der Waals surface area contributed by atoms with Crippen LogP contribution in [0.5, 0.6) is 0 Å². The average molecular weight is 196 g/mol. The first-order chi connectivity index (χ1) is 5.95.